The highest BCUT2D eigenvalue weighted by atomic mass is 35.5. The number of rotatable bonds is 3. The molecule has 1 heterocycles. The number of aliphatic hydroxyl groups is 1. The first-order valence-corrected chi connectivity index (χ1v) is 14.4. The van der Waals surface area contributed by atoms with Gasteiger partial charge in [-0.05, 0) is 62.0 Å². The Labute approximate surface area is 234 Å². The molecule has 6 rings (SSSR count). The first kappa shape index (κ1) is 27.1. The molecule has 0 amide bonds. The number of ether oxygens (including phenoxy) is 2. The number of benzene rings is 1. The van der Waals surface area contributed by atoms with Crippen LogP contribution in [0.5, 0.6) is 0 Å². The van der Waals surface area contributed by atoms with Crippen LogP contribution in [0, 0.1) is 34.0 Å². The lowest BCUT2D eigenvalue weighted by Gasteiger charge is -2.63. The first-order valence-electron chi connectivity index (χ1n) is 13.0. The van der Waals surface area contributed by atoms with E-state index in [1.807, 2.05) is 6.07 Å². The smallest absolute Gasteiger partial charge is 0.225 e. The molecule has 206 valence electrons. The van der Waals surface area contributed by atoms with Gasteiger partial charge in [0.05, 0.1) is 24.0 Å². The van der Waals surface area contributed by atoms with E-state index in [1.165, 1.54) is 19.1 Å². The molecule has 1 N–H and O–H groups in total. The molecule has 1 aromatic carbocycles. The van der Waals surface area contributed by atoms with E-state index in [-0.39, 0.29) is 30.6 Å². The van der Waals surface area contributed by atoms with Crippen LogP contribution >= 0.6 is 23.4 Å². The predicted molar refractivity (Wildman–Crippen MR) is 140 cm³/mol. The number of allylic oxidation sites excluding steroid dienone is 4. The van der Waals surface area contributed by atoms with Crippen molar-refractivity contribution in [3.8, 4) is 6.07 Å². The number of nitrogens with zero attached hydrogens (tertiary/aromatic N) is 1. The monoisotopic (exact) mass is 575 g/mol. The van der Waals surface area contributed by atoms with Crippen LogP contribution in [0.4, 0.5) is 8.78 Å². The van der Waals surface area contributed by atoms with Crippen molar-refractivity contribution < 1.29 is 33.0 Å². The summed E-state index contributed by atoms with van der Waals surface area (Å²) >= 11 is 6.85. The zero-order chi connectivity index (χ0) is 28.0. The first-order chi connectivity index (χ1) is 18.4. The summed E-state index contributed by atoms with van der Waals surface area (Å²) in [5.74, 6) is -2.07. The van der Waals surface area contributed by atoms with Gasteiger partial charge in [0.2, 0.25) is 5.12 Å². The van der Waals surface area contributed by atoms with Gasteiger partial charge in [-0.25, -0.2) is 8.78 Å². The van der Waals surface area contributed by atoms with Crippen LogP contribution in [0.25, 0.3) is 0 Å². The fourth-order valence-electron chi connectivity index (χ4n) is 8.27. The summed E-state index contributed by atoms with van der Waals surface area (Å²) in [7, 11) is 0. The molecular formula is C29H28ClF2NO5S. The Morgan fingerprint density at radius 2 is 1.97 bits per heavy atom. The van der Waals surface area contributed by atoms with Crippen LogP contribution in [-0.4, -0.2) is 51.4 Å². The van der Waals surface area contributed by atoms with Gasteiger partial charge >= 0.3 is 0 Å². The summed E-state index contributed by atoms with van der Waals surface area (Å²) in [4.78, 5) is 26.0. The molecule has 3 saturated carbocycles. The van der Waals surface area contributed by atoms with Gasteiger partial charge < -0.3 is 14.6 Å². The summed E-state index contributed by atoms with van der Waals surface area (Å²) in [6.07, 6.45) is -1.27. The summed E-state index contributed by atoms with van der Waals surface area (Å²) in [6, 6.07) is 8.80. The Hall–Kier alpha value is -2.09. The number of fused-ring (bicyclic) bond motifs is 7. The van der Waals surface area contributed by atoms with Crippen LogP contribution in [0.3, 0.4) is 0 Å². The van der Waals surface area contributed by atoms with E-state index in [4.69, 9.17) is 21.1 Å². The molecule has 4 aliphatic carbocycles. The minimum absolute atomic E-state index is 0.0419. The van der Waals surface area contributed by atoms with E-state index in [0.29, 0.717) is 10.6 Å². The second kappa shape index (κ2) is 8.95. The second-order valence-corrected chi connectivity index (χ2v) is 13.1. The van der Waals surface area contributed by atoms with E-state index in [0.717, 1.165) is 17.8 Å². The van der Waals surface area contributed by atoms with Crippen molar-refractivity contribution in [3.63, 3.8) is 0 Å². The van der Waals surface area contributed by atoms with Gasteiger partial charge in [-0.2, -0.15) is 5.26 Å². The van der Waals surface area contributed by atoms with E-state index in [9.17, 15) is 20.0 Å². The van der Waals surface area contributed by atoms with Gasteiger partial charge in [-0.3, -0.25) is 9.59 Å². The molecule has 4 fully saturated rings. The fraction of sp³-hybridized carbons (Fsp3) is 0.552. The number of hydrogen-bond acceptors (Lipinski definition) is 7. The van der Waals surface area contributed by atoms with Gasteiger partial charge in [0.15, 0.2) is 23.3 Å². The summed E-state index contributed by atoms with van der Waals surface area (Å²) in [5, 5.41) is 20.9. The van der Waals surface area contributed by atoms with Crippen molar-refractivity contribution in [2.75, 3.05) is 5.75 Å². The Kier molecular flexibility index (Phi) is 6.22. The van der Waals surface area contributed by atoms with Crippen molar-refractivity contribution in [2.45, 2.75) is 69.0 Å². The number of thioether (sulfide) groups is 1. The molecule has 10 heteroatoms. The Balaban J connectivity index is 1.44. The highest BCUT2D eigenvalue weighted by Gasteiger charge is 2.80. The molecule has 10 atom stereocenters. The zero-order valence-electron chi connectivity index (χ0n) is 21.4. The van der Waals surface area contributed by atoms with Gasteiger partial charge in [0.1, 0.15) is 6.17 Å². The molecule has 39 heavy (non-hydrogen) atoms. The normalized spacial score (nSPS) is 46.0. The van der Waals surface area contributed by atoms with Gasteiger partial charge in [0, 0.05) is 27.3 Å². The largest absolute Gasteiger partial charge is 0.390 e. The number of ketones is 1. The van der Waals surface area contributed by atoms with E-state index >= 15 is 8.78 Å². The van der Waals surface area contributed by atoms with E-state index in [1.54, 1.807) is 31.2 Å². The average Bonchev–Trinajstić information content (AvgIpc) is 3.39. The molecule has 6 nitrogen and oxygen atoms in total. The average molecular weight is 576 g/mol. The quantitative estimate of drug-likeness (QED) is 0.529. The van der Waals surface area contributed by atoms with Crippen molar-refractivity contribution in [1.82, 2.24) is 0 Å². The minimum atomic E-state index is -2.28. The van der Waals surface area contributed by atoms with Crippen molar-refractivity contribution in [3.05, 3.63) is 58.7 Å². The predicted octanol–water partition coefficient (Wildman–Crippen LogP) is 5.20. The van der Waals surface area contributed by atoms with Crippen molar-refractivity contribution in [1.29, 1.82) is 5.26 Å². The molecular weight excluding hydrogens is 548 g/mol. The Bertz CT molecular complexity index is 1350. The second-order valence-electron chi connectivity index (χ2n) is 11.7. The van der Waals surface area contributed by atoms with Crippen LogP contribution in [0.1, 0.15) is 45.0 Å². The fourth-order valence-corrected chi connectivity index (χ4v) is 9.22. The topological polar surface area (TPSA) is 96.6 Å². The van der Waals surface area contributed by atoms with E-state index < -0.39 is 69.5 Å². The van der Waals surface area contributed by atoms with E-state index in [2.05, 4.69) is 0 Å². The SMILES string of the molecule is C[C@]12C=CC(=O)C=C1[C@@H](F)C[C@H]1[C@@H]3C[C@H]4OC(c5ccc(Cl)cc5)O[C@@]4(C(=O)SCC#N)[C@@]3(C)C[C@H](O)[C@@]12F. The highest BCUT2D eigenvalue weighted by molar-refractivity contribution is 8.14. The number of carbonyl (C=O) groups excluding carboxylic acids is 2. The van der Waals surface area contributed by atoms with Crippen LogP contribution in [0.15, 0.2) is 48.1 Å². The Morgan fingerprint density at radius 3 is 2.67 bits per heavy atom. The standard InChI is InChI=1S/C29H28ClF2NO5S/c1-26-8-7-17(34)11-20(26)21(31)12-19-18-13-23-29(25(36)39-10-9-33,27(18,2)14-22(35)28(19,26)32)38-24(37-23)15-3-5-16(30)6-4-15/h3-8,11,18-19,21-24,35H,10,12-14H2,1-2H3/t18-,19-,21-,22-,23+,24?,26-,27-,28-,29-/m0/s1. The zero-order valence-corrected chi connectivity index (χ0v) is 23.0. The lowest BCUT2D eigenvalue weighted by atomic mass is 9.44. The lowest BCUT2D eigenvalue weighted by molar-refractivity contribution is -0.232. The van der Waals surface area contributed by atoms with Crippen LogP contribution in [0.2, 0.25) is 5.02 Å². The number of carbonyl (C=O) groups is 2. The van der Waals surface area contributed by atoms with Gasteiger partial charge in [-0.15, -0.1) is 0 Å². The maximum absolute atomic E-state index is 17.5. The third kappa shape index (κ3) is 3.42. The molecule has 1 aliphatic heterocycles. The van der Waals surface area contributed by atoms with Crippen LogP contribution in [-0.2, 0) is 19.1 Å². The summed E-state index contributed by atoms with van der Waals surface area (Å²) in [6.45, 7) is 3.33. The number of alkyl halides is 2. The van der Waals surface area contributed by atoms with Crippen molar-refractivity contribution in [2.24, 2.45) is 22.7 Å². The molecule has 1 saturated heterocycles. The maximum Gasteiger partial charge on any atom is 0.225 e. The maximum atomic E-state index is 17.5. The lowest BCUT2D eigenvalue weighted by Crippen LogP contribution is -2.70. The number of nitriles is 1. The number of halogens is 3. The third-order valence-electron chi connectivity index (χ3n) is 10.1. The summed E-state index contributed by atoms with van der Waals surface area (Å²) in [5.41, 5.74) is -5.83. The molecule has 5 aliphatic rings. The van der Waals surface area contributed by atoms with Crippen molar-refractivity contribution >= 4 is 34.3 Å². The molecule has 1 unspecified atom stereocenters. The van der Waals surface area contributed by atoms with Crippen LogP contribution < -0.4 is 0 Å². The number of aliphatic hydroxyl groups excluding tert-OH is 1. The van der Waals surface area contributed by atoms with Gasteiger partial charge in [-0.1, -0.05) is 48.5 Å². The minimum Gasteiger partial charge on any atom is -0.390 e. The molecule has 0 spiro atoms. The molecule has 1 aromatic rings. The third-order valence-corrected chi connectivity index (χ3v) is 11.2. The van der Waals surface area contributed by atoms with Gasteiger partial charge in [0.25, 0.3) is 0 Å². The molecule has 0 bridgehead atoms. The highest BCUT2D eigenvalue weighted by Crippen LogP contribution is 2.73. The Morgan fingerprint density at radius 1 is 1.26 bits per heavy atom. The number of hydrogen-bond donors (Lipinski definition) is 1. The molecule has 0 aromatic heterocycles. The summed E-state index contributed by atoms with van der Waals surface area (Å²) < 4.78 is 46.1. The molecule has 0 radical (unpaired) electrons.